The van der Waals surface area contributed by atoms with E-state index in [2.05, 4.69) is 0 Å². The number of phenolic OH excluding ortho intramolecular Hbond substituents is 1. The molecule has 0 unspecified atom stereocenters. The smallest absolute Gasteiger partial charge is 0.168 e. The van der Waals surface area contributed by atoms with E-state index in [1.807, 2.05) is 0 Å². The molecule has 0 spiro atoms. The number of hydroxylamine groups is 3. The van der Waals surface area contributed by atoms with Crippen LogP contribution in [0.5, 0.6) is 5.75 Å². The van der Waals surface area contributed by atoms with Gasteiger partial charge in [0.05, 0.1) is 19.7 Å². The molecule has 0 bridgehead atoms. The third-order valence-corrected chi connectivity index (χ3v) is 1.66. The van der Waals surface area contributed by atoms with Crippen LogP contribution in [-0.4, -0.2) is 23.8 Å². The normalized spacial score (nSPS) is 11.8. The number of hydrogen-bond acceptors (Lipinski definition) is 2. The summed E-state index contributed by atoms with van der Waals surface area (Å²) in [6, 6.07) is 1.53. The molecule has 3 nitrogen and oxygen atoms in total. The molecule has 0 radical (unpaired) electrons. The lowest BCUT2D eigenvalue weighted by Gasteiger charge is -2.33. The van der Waals surface area contributed by atoms with Gasteiger partial charge in [-0.1, -0.05) is 0 Å². The number of hydrogen-bond donors (Lipinski definition) is 1. The number of phenols is 1. The molecular formula is C9H11F2NO2. The third-order valence-electron chi connectivity index (χ3n) is 1.66. The summed E-state index contributed by atoms with van der Waals surface area (Å²) < 4.78 is 24.8. The van der Waals surface area contributed by atoms with Crippen LogP contribution in [0.4, 0.5) is 8.78 Å². The molecule has 14 heavy (non-hydrogen) atoms. The molecule has 0 fully saturated rings. The summed E-state index contributed by atoms with van der Waals surface area (Å²) in [6.07, 6.45) is 0. The molecule has 1 aromatic rings. The summed E-state index contributed by atoms with van der Waals surface area (Å²) in [5, 5.41) is 20.4. The second-order valence-electron chi connectivity index (χ2n) is 3.63. The van der Waals surface area contributed by atoms with E-state index in [1.165, 1.54) is 14.1 Å². The maximum Gasteiger partial charge on any atom is 0.168 e. The van der Waals surface area contributed by atoms with E-state index >= 15 is 0 Å². The van der Waals surface area contributed by atoms with Crippen molar-refractivity contribution in [2.75, 3.05) is 14.1 Å². The highest BCUT2D eigenvalue weighted by Gasteiger charge is 2.14. The monoisotopic (exact) mass is 203 g/mol. The lowest BCUT2D eigenvalue weighted by molar-refractivity contribution is -0.853. The van der Waals surface area contributed by atoms with Crippen molar-refractivity contribution in [2.24, 2.45) is 0 Å². The van der Waals surface area contributed by atoms with Gasteiger partial charge in [-0.05, 0) is 6.07 Å². The van der Waals surface area contributed by atoms with Crippen LogP contribution in [-0.2, 0) is 6.54 Å². The van der Waals surface area contributed by atoms with Gasteiger partial charge in [-0.3, -0.25) is 0 Å². The number of rotatable bonds is 2. The number of benzene rings is 1. The van der Waals surface area contributed by atoms with Crippen molar-refractivity contribution in [1.82, 2.24) is 0 Å². The fraction of sp³-hybridized carbons (Fsp3) is 0.333. The fourth-order valence-electron chi connectivity index (χ4n) is 1.15. The van der Waals surface area contributed by atoms with Crippen molar-refractivity contribution in [2.45, 2.75) is 6.54 Å². The molecule has 1 N–H and O–H groups in total. The highest BCUT2D eigenvalue weighted by molar-refractivity contribution is 5.33. The SMILES string of the molecule is C[N+](C)([O-])Cc1cc(F)cc(F)c1O. The Morgan fingerprint density at radius 1 is 1.36 bits per heavy atom. The predicted octanol–water partition coefficient (Wildman–Crippen LogP) is 1.74. The fourth-order valence-corrected chi connectivity index (χ4v) is 1.15. The zero-order chi connectivity index (χ0) is 10.9. The minimum Gasteiger partial charge on any atom is -0.633 e. The van der Waals surface area contributed by atoms with Crippen LogP contribution in [0.3, 0.4) is 0 Å². The molecule has 0 aromatic heterocycles. The van der Waals surface area contributed by atoms with Crippen molar-refractivity contribution in [3.8, 4) is 5.75 Å². The van der Waals surface area contributed by atoms with E-state index in [9.17, 15) is 19.1 Å². The van der Waals surface area contributed by atoms with Crippen molar-refractivity contribution >= 4 is 0 Å². The number of nitrogens with zero attached hydrogens (tertiary/aromatic N) is 1. The van der Waals surface area contributed by atoms with Gasteiger partial charge in [0.15, 0.2) is 11.6 Å². The Labute approximate surface area is 80.4 Å². The van der Waals surface area contributed by atoms with Crippen molar-refractivity contribution in [3.05, 3.63) is 34.5 Å². The molecular weight excluding hydrogens is 192 g/mol. The van der Waals surface area contributed by atoms with Crippen LogP contribution in [0.2, 0.25) is 0 Å². The second-order valence-corrected chi connectivity index (χ2v) is 3.63. The van der Waals surface area contributed by atoms with E-state index in [1.54, 1.807) is 0 Å². The van der Waals surface area contributed by atoms with Crippen molar-refractivity contribution < 1.29 is 18.5 Å². The van der Waals surface area contributed by atoms with Crippen molar-refractivity contribution in [1.29, 1.82) is 0 Å². The molecule has 0 aliphatic carbocycles. The highest BCUT2D eigenvalue weighted by Crippen LogP contribution is 2.24. The molecule has 0 aliphatic rings. The zero-order valence-electron chi connectivity index (χ0n) is 7.92. The number of aromatic hydroxyl groups is 1. The highest BCUT2D eigenvalue weighted by atomic mass is 19.1. The summed E-state index contributed by atoms with van der Waals surface area (Å²) in [5.74, 6) is -2.51. The molecule has 1 rings (SSSR count). The van der Waals surface area contributed by atoms with Crippen LogP contribution in [0.15, 0.2) is 12.1 Å². The zero-order valence-corrected chi connectivity index (χ0v) is 7.92. The first-order valence-corrected chi connectivity index (χ1v) is 4.00. The average molecular weight is 203 g/mol. The Bertz CT molecular complexity index is 347. The third kappa shape index (κ3) is 2.65. The van der Waals surface area contributed by atoms with Gasteiger partial charge >= 0.3 is 0 Å². The Hall–Kier alpha value is -1.20. The number of quaternary nitrogens is 1. The molecule has 0 heterocycles. The van der Waals surface area contributed by atoms with Gasteiger partial charge in [-0.2, -0.15) is 0 Å². The summed E-state index contributed by atoms with van der Waals surface area (Å²) in [6.45, 7) is -0.180. The van der Waals surface area contributed by atoms with Crippen molar-refractivity contribution in [3.63, 3.8) is 0 Å². The quantitative estimate of drug-likeness (QED) is 0.587. The van der Waals surface area contributed by atoms with Gasteiger partial charge in [0.25, 0.3) is 0 Å². The van der Waals surface area contributed by atoms with Gasteiger partial charge in [0.1, 0.15) is 12.4 Å². The van der Waals surface area contributed by atoms with Gasteiger partial charge in [-0.25, -0.2) is 8.78 Å². The molecule has 0 saturated carbocycles. The Morgan fingerprint density at radius 3 is 2.43 bits per heavy atom. The lowest BCUT2D eigenvalue weighted by Crippen LogP contribution is -2.31. The average Bonchev–Trinajstić information content (AvgIpc) is 1.96. The van der Waals surface area contributed by atoms with E-state index < -0.39 is 22.0 Å². The molecule has 0 aliphatic heterocycles. The van der Waals surface area contributed by atoms with E-state index in [4.69, 9.17) is 0 Å². The molecule has 0 amide bonds. The predicted molar refractivity (Wildman–Crippen MR) is 47.2 cm³/mol. The molecule has 1 aromatic carbocycles. The minimum atomic E-state index is -1.05. The Kier molecular flexibility index (Phi) is 2.73. The first-order chi connectivity index (χ1) is 6.29. The molecule has 0 atom stereocenters. The van der Waals surface area contributed by atoms with Gasteiger partial charge in [-0.15, -0.1) is 0 Å². The minimum absolute atomic E-state index is 0.0255. The van der Waals surface area contributed by atoms with E-state index in [0.717, 1.165) is 6.07 Å². The van der Waals surface area contributed by atoms with Gasteiger partial charge < -0.3 is 15.0 Å². The number of halogens is 2. The van der Waals surface area contributed by atoms with E-state index in [-0.39, 0.29) is 12.1 Å². The van der Waals surface area contributed by atoms with Crippen LogP contribution in [0, 0.1) is 16.8 Å². The second kappa shape index (κ2) is 3.51. The van der Waals surface area contributed by atoms with Crippen LogP contribution >= 0.6 is 0 Å². The molecule has 0 saturated heterocycles. The maximum absolute atomic E-state index is 12.8. The summed E-state index contributed by atoms with van der Waals surface area (Å²) in [4.78, 5) is 0. The Balaban J connectivity index is 3.09. The molecule has 5 heteroatoms. The van der Waals surface area contributed by atoms with Crippen LogP contribution in [0.1, 0.15) is 5.56 Å². The summed E-state index contributed by atoms with van der Waals surface area (Å²) in [7, 11) is 2.64. The van der Waals surface area contributed by atoms with Gasteiger partial charge in [0, 0.05) is 6.07 Å². The largest absolute Gasteiger partial charge is 0.633 e. The topological polar surface area (TPSA) is 43.3 Å². The van der Waals surface area contributed by atoms with Crippen LogP contribution in [0.25, 0.3) is 0 Å². The van der Waals surface area contributed by atoms with Crippen LogP contribution < -0.4 is 0 Å². The first kappa shape index (κ1) is 10.9. The lowest BCUT2D eigenvalue weighted by atomic mass is 10.2. The molecule has 78 valence electrons. The van der Waals surface area contributed by atoms with Gasteiger partial charge in [0.2, 0.25) is 0 Å². The Morgan fingerprint density at radius 2 is 1.93 bits per heavy atom. The summed E-state index contributed by atoms with van der Waals surface area (Å²) >= 11 is 0. The standard InChI is InChI=1S/C9H11F2NO2/c1-12(2,14)5-6-3-7(10)4-8(11)9(6)13/h3-4,13H,5H2,1-2H3. The van der Waals surface area contributed by atoms with E-state index in [0.29, 0.717) is 6.07 Å². The summed E-state index contributed by atoms with van der Waals surface area (Å²) in [5.41, 5.74) is -0.0255. The maximum atomic E-state index is 12.8. The first-order valence-electron chi connectivity index (χ1n) is 4.00.